The Hall–Kier alpha value is -4.33. The molecule has 8 heteroatoms. The van der Waals surface area contributed by atoms with Gasteiger partial charge in [0.15, 0.2) is 0 Å². The Morgan fingerprint density at radius 3 is 2.00 bits per heavy atom. The predicted octanol–water partition coefficient (Wildman–Crippen LogP) is 4.73. The quantitative estimate of drug-likeness (QED) is 0.420. The minimum absolute atomic E-state index is 0.241. The first-order chi connectivity index (χ1) is 16.4. The molecule has 0 saturated carbocycles. The fraction of sp³-hybridized carbons (Fsp3) is 0.192. The maximum atomic E-state index is 13.0. The number of hydrogen-bond donors (Lipinski definition) is 2. The van der Waals surface area contributed by atoms with Crippen molar-refractivity contribution in [3.05, 3.63) is 89.4 Å². The number of benzene rings is 2. The summed E-state index contributed by atoms with van der Waals surface area (Å²) in [5, 5.41) is 10.0. The molecule has 0 saturated heterocycles. The van der Waals surface area contributed by atoms with Crippen molar-refractivity contribution >= 4 is 23.2 Å². The van der Waals surface area contributed by atoms with Gasteiger partial charge in [-0.05, 0) is 81.4 Å². The van der Waals surface area contributed by atoms with Crippen LogP contribution in [0.15, 0.2) is 66.9 Å². The summed E-state index contributed by atoms with van der Waals surface area (Å²) in [5.41, 5.74) is 4.22. The van der Waals surface area contributed by atoms with E-state index in [2.05, 4.69) is 15.7 Å². The normalized spacial score (nSPS) is 10.7. The molecule has 2 N–H and O–H groups in total. The van der Waals surface area contributed by atoms with Crippen LogP contribution in [0, 0.1) is 13.8 Å². The summed E-state index contributed by atoms with van der Waals surface area (Å²) in [7, 11) is 1.81. The first-order valence-corrected chi connectivity index (χ1v) is 11.0. The Morgan fingerprint density at radius 2 is 1.41 bits per heavy atom. The lowest BCUT2D eigenvalue weighted by Crippen LogP contribution is -2.17. The van der Waals surface area contributed by atoms with Gasteiger partial charge in [-0.3, -0.25) is 14.3 Å². The van der Waals surface area contributed by atoms with Crippen LogP contribution in [0.3, 0.4) is 0 Å². The average molecular weight is 458 g/mol. The van der Waals surface area contributed by atoms with Crippen LogP contribution in [-0.2, 0) is 7.05 Å². The maximum absolute atomic E-state index is 13.0. The van der Waals surface area contributed by atoms with Gasteiger partial charge in [0.05, 0.1) is 12.8 Å². The van der Waals surface area contributed by atoms with Crippen molar-refractivity contribution in [2.75, 3.05) is 17.2 Å². The SMILES string of the molecule is CCOc1ccc(NC(=O)c2ccc(NC(=O)c3cnn(C)c3-n3c(C)ccc3C)cc2)cc1. The molecule has 2 aromatic carbocycles. The third kappa shape index (κ3) is 4.71. The van der Waals surface area contributed by atoms with E-state index >= 15 is 0 Å². The van der Waals surface area contributed by atoms with Crippen molar-refractivity contribution in [2.24, 2.45) is 7.05 Å². The van der Waals surface area contributed by atoms with Gasteiger partial charge in [0, 0.05) is 35.4 Å². The van der Waals surface area contributed by atoms with Gasteiger partial charge in [0.1, 0.15) is 17.1 Å². The molecule has 0 radical (unpaired) electrons. The number of nitrogens with zero attached hydrogens (tertiary/aromatic N) is 3. The lowest BCUT2D eigenvalue weighted by Gasteiger charge is -2.13. The number of rotatable bonds is 7. The summed E-state index contributed by atoms with van der Waals surface area (Å²) in [6.07, 6.45) is 1.56. The van der Waals surface area contributed by atoms with Crippen molar-refractivity contribution in [1.82, 2.24) is 14.3 Å². The molecule has 0 aliphatic rings. The largest absolute Gasteiger partial charge is 0.494 e. The lowest BCUT2D eigenvalue weighted by atomic mass is 10.1. The third-order valence-corrected chi connectivity index (χ3v) is 5.46. The van der Waals surface area contributed by atoms with Crippen molar-refractivity contribution in [3.8, 4) is 11.6 Å². The number of nitrogens with one attached hydrogen (secondary N) is 2. The number of amides is 2. The fourth-order valence-corrected chi connectivity index (χ4v) is 3.77. The Balaban J connectivity index is 1.45. The molecule has 0 fully saturated rings. The van der Waals surface area contributed by atoms with Gasteiger partial charge in [0.2, 0.25) is 0 Å². The molecule has 0 unspecified atom stereocenters. The number of anilines is 2. The minimum Gasteiger partial charge on any atom is -0.494 e. The number of carbonyl (C=O) groups is 2. The number of hydrogen-bond acceptors (Lipinski definition) is 4. The third-order valence-electron chi connectivity index (χ3n) is 5.46. The van der Waals surface area contributed by atoms with Gasteiger partial charge in [-0.25, -0.2) is 0 Å². The van der Waals surface area contributed by atoms with Crippen LogP contribution < -0.4 is 15.4 Å². The van der Waals surface area contributed by atoms with E-state index in [9.17, 15) is 9.59 Å². The molecular weight excluding hydrogens is 430 g/mol. The predicted molar refractivity (Wildman–Crippen MR) is 132 cm³/mol. The van der Waals surface area contributed by atoms with Gasteiger partial charge in [-0.1, -0.05) is 0 Å². The number of aryl methyl sites for hydroxylation is 3. The summed E-state index contributed by atoms with van der Waals surface area (Å²) >= 11 is 0. The Bertz CT molecular complexity index is 1300. The molecule has 0 atom stereocenters. The number of aromatic nitrogens is 3. The number of ether oxygens (including phenoxy) is 1. The van der Waals surface area contributed by atoms with Gasteiger partial charge < -0.3 is 19.9 Å². The summed E-state index contributed by atoms with van der Waals surface area (Å²) in [4.78, 5) is 25.6. The fourth-order valence-electron chi connectivity index (χ4n) is 3.77. The maximum Gasteiger partial charge on any atom is 0.261 e. The molecule has 0 aliphatic carbocycles. The summed E-state index contributed by atoms with van der Waals surface area (Å²) in [6.45, 7) is 6.47. The molecule has 174 valence electrons. The molecule has 0 spiro atoms. The van der Waals surface area contributed by atoms with E-state index in [1.165, 1.54) is 0 Å². The van der Waals surface area contributed by atoms with Crippen LogP contribution in [0.5, 0.6) is 5.75 Å². The second-order valence-corrected chi connectivity index (χ2v) is 7.90. The van der Waals surface area contributed by atoms with Crippen molar-refractivity contribution < 1.29 is 14.3 Å². The monoisotopic (exact) mass is 457 g/mol. The van der Waals surface area contributed by atoms with Gasteiger partial charge >= 0.3 is 0 Å². The minimum atomic E-state index is -0.276. The van der Waals surface area contributed by atoms with E-state index in [-0.39, 0.29) is 11.8 Å². The topological polar surface area (TPSA) is 90.2 Å². The van der Waals surface area contributed by atoms with Crippen molar-refractivity contribution in [2.45, 2.75) is 20.8 Å². The van der Waals surface area contributed by atoms with E-state index in [0.717, 1.165) is 17.1 Å². The summed E-state index contributed by atoms with van der Waals surface area (Å²) in [5.74, 6) is 0.931. The van der Waals surface area contributed by atoms with Crippen LogP contribution in [0.4, 0.5) is 11.4 Å². The van der Waals surface area contributed by atoms with E-state index < -0.39 is 0 Å². The van der Waals surface area contributed by atoms with Gasteiger partial charge in [0.25, 0.3) is 11.8 Å². The second-order valence-electron chi connectivity index (χ2n) is 7.90. The van der Waals surface area contributed by atoms with E-state index in [0.29, 0.717) is 34.9 Å². The van der Waals surface area contributed by atoms with E-state index in [4.69, 9.17) is 4.74 Å². The zero-order valence-corrected chi connectivity index (χ0v) is 19.6. The highest BCUT2D eigenvalue weighted by molar-refractivity contribution is 6.07. The number of carbonyl (C=O) groups excluding carboxylic acids is 2. The van der Waals surface area contributed by atoms with Crippen LogP contribution in [-0.4, -0.2) is 32.8 Å². The molecule has 8 nitrogen and oxygen atoms in total. The molecule has 4 aromatic rings. The first kappa shape index (κ1) is 22.8. The zero-order chi connectivity index (χ0) is 24.2. The Labute approximate surface area is 198 Å². The molecule has 4 rings (SSSR count). The lowest BCUT2D eigenvalue weighted by molar-refractivity contribution is 0.101. The first-order valence-electron chi connectivity index (χ1n) is 11.0. The smallest absolute Gasteiger partial charge is 0.261 e. The molecule has 0 aliphatic heterocycles. The molecule has 2 amide bonds. The molecule has 0 bridgehead atoms. The van der Waals surface area contributed by atoms with Crippen LogP contribution in [0.1, 0.15) is 39.0 Å². The highest BCUT2D eigenvalue weighted by Gasteiger charge is 2.20. The Morgan fingerprint density at radius 1 is 0.853 bits per heavy atom. The molecule has 2 aromatic heterocycles. The van der Waals surface area contributed by atoms with E-state index in [1.807, 2.05) is 44.5 Å². The van der Waals surface area contributed by atoms with Gasteiger partial charge in [-0.15, -0.1) is 0 Å². The van der Waals surface area contributed by atoms with Gasteiger partial charge in [-0.2, -0.15) is 5.10 Å². The van der Waals surface area contributed by atoms with Crippen molar-refractivity contribution in [3.63, 3.8) is 0 Å². The molecular formula is C26H27N5O3. The van der Waals surface area contributed by atoms with E-state index in [1.54, 1.807) is 59.4 Å². The molecule has 34 heavy (non-hydrogen) atoms. The highest BCUT2D eigenvalue weighted by Crippen LogP contribution is 2.22. The standard InChI is InChI=1S/C26H27N5O3/c1-5-34-22-14-12-21(13-15-22)28-24(32)19-8-10-20(11-9-19)29-25(33)23-16-27-30(4)26(23)31-17(2)6-7-18(31)3/h6-16H,5H2,1-4H3,(H,28,32)(H,29,33). The second kappa shape index (κ2) is 9.66. The van der Waals surface area contributed by atoms with Crippen LogP contribution in [0.25, 0.3) is 5.82 Å². The van der Waals surface area contributed by atoms with Crippen LogP contribution >= 0.6 is 0 Å². The van der Waals surface area contributed by atoms with Crippen molar-refractivity contribution in [1.29, 1.82) is 0 Å². The Kier molecular flexibility index (Phi) is 6.49. The summed E-state index contributed by atoms with van der Waals surface area (Å²) < 4.78 is 9.09. The zero-order valence-electron chi connectivity index (χ0n) is 19.6. The summed E-state index contributed by atoms with van der Waals surface area (Å²) in [6, 6.07) is 17.9. The average Bonchev–Trinajstić information content (AvgIpc) is 3.36. The van der Waals surface area contributed by atoms with Crippen LogP contribution in [0.2, 0.25) is 0 Å². The molecule has 2 heterocycles. The highest BCUT2D eigenvalue weighted by atomic mass is 16.5.